The summed E-state index contributed by atoms with van der Waals surface area (Å²) in [4.78, 5) is 28.4. The molecule has 1 aliphatic rings. The van der Waals surface area contributed by atoms with Crippen LogP contribution in [-0.2, 0) is 15.3 Å². The number of ketones is 1. The van der Waals surface area contributed by atoms with E-state index in [1.165, 1.54) is 22.7 Å². The summed E-state index contributed by atoms with van der Waals surface area (Å²) < 4.78 is 26.6. The van der Waals surface area contributed by atoms with Crippen molar-refractivity contribution in [3.63, 3.8) is 0 Å². The minimum atomic E-state index is -1.01. The number of thioether (sulfide) groups is 1. The van der Waals surface area contributed by atoms with E-state index in [-0.39, 0.29) is 22.3 Å². The monoisotopic (exact) mass is 633 g/mol. The average Bonchev–Trinajstić information content (AvgIpc) is 3.61. The highest BCUT2D eigenvalue weighted by Crippen LogP contribution is 2.45. The lowest BCUT2D eigenvalue weighted by molar-refractivity contribution is -0.132. The van der Waals surface area contributed by atoms with Crippen LogP contribution in [0.15, 0.2) is 82.7 Å². The molecule has 4 aromatic rings. The maximum Gasteiger partial charge on any atom is 0.301 e. The predicted molar refractivity (Wildman–Crippen MR) is 170 cm³/mol. The van der Waals surface area contributed by atoms with Gasteiger partial charge in [0.05, 0.1) is 24.8 Å². The van der Waals surface area contributed by atoms with Crippen LogP contribution < -0.4 is 14.4 Å². The topological polar surface area (TPSA) is 102 Å². The summed E-state index contributed by atoms with van der Waals surface area (Å²) in [5, 5.41) is 20.0. The second-order valence-corrected chi connectivity index (χ2v) is 12.1. The quantitative estimate of drug-likeness (QED) is 0.0402. The molecule has 1 saturated heterocycles. The Morgan fingerprint density at radius 2 is 1.75 bits per heavy atom. The molecule has 0 radical (unpaired) electrons. The Morgan fingerprint density at radius 1 is 0.977 bits per heavy atom. The summed E-state index contributed by atoms with van der Waals surface area (Å²) in [6.07, 6.45) is 3.00. The summed E-state index contributed by atoms with van der Waals surface area (Å²) in [5.41, 5.74) is 1.37. The second-order valence-electron chi connectivity index (χ2n) is 9.96. The van der Waals surface area contributed by atoms with Gasteiger partial charge < -0.3 is 14.6 Å². The Hall–Kier alpha value is -4.22. The molecule has 44 heavy (non-hydrogen) atoms. The number of nitrogens with zero attached hydrogens (tertiary/aromatic N) is 3. The van der Waals surface area contributed by atoms with Crippen LogP contribution in [-0.4, -0.2) is 40.2 Å². The molecule has 1 N–H and O–H groups in total. The Morgan fingerprint density at radius 3 is 2.50 bits per heavy atom. The van der Waals surface area contributed by atoms with Gasteiger partial charge in [0.25, 0.3) is 5.78 Å². The van der Waals surface area contributed by atoms with Gasteiger partial charge in [-0.15, -0.1) is 10.2 Å². The third-order valence-corrected chi connectivity index (χ3v) is 9.10. The number of anilines is 1. The van der Waals surface area contributed by atoms with Crippen molar-refractivity contribution in [1.82, 2.24) is 10.2 Å². The number of ether oxygens (including phenoxy) is 2. The minimum Gasteiger partial charge on any atom is -0.507 e. The number of carbonyl (C=O) groups is 2. The molecule has 1 amide bonds. The first kappa shape index (κ1) is 31.2. The van der Waals surface area contributed by atoms with Crippen molar-refractivity contribution in [1.29, 1.82) is 0 Å². The molecule has 1 fully saturated rings. The van der Waals surface area contributed by atoms with E-state index >= 15 is 0 Å². The SMILES string of the molecule is CCCCCOc1ccc(C2/C(=C(\O)c3ccccc3)C(=O)C(=O)N2c2nnc(SCc3ccccc3F)s2)cc1OCC. The van der Waals surface area contributed by atoms with Crippen molar-refractivity contribution in [2.24, 2.45) is 0 Å². The molecule has 8 nitrogen and oxygen atoms in total. The summed E-state index contributed by atoms with van der Waals surface area (Å²) in [6.45, 7) is 4.88. The predicted octanol–water partition coefficient (Wildman–Crippen LogP) is 7.56. The summed E-state index contributed by atoms with van der Waals surface area (Å²) in [5.74, 6) is -0.974. The van der Waals surface area contributed by atoms with Crippen molar-refractivity contribution in [2.45, 2.75) is 49.2 Å². The van der Waals surface area contributed by atoms with Gasteiger partial charge in [-0.1, -0.05) is 97.5 Å². The Labute approximate surface area is 263 Å². The molecule has 1 aliphatic heterocycles. The number of Topliss-reactive ketones (excluding diaryl/α,β-unsaturated/α-hetero) is 1. The van der Waals surface area contributed by atoms with Crippen LogP contribution in [0.2, 0.25) is 0 Å². The number of carbonyl (C=O) groups excluding carboxylic acids is 2. The van der Waals surface area contributed by atoms with Gasteiger partial charge in [0.2, 0.25) is 5.13 Å². The number of hydrogen-bond donors (Lipinski definition) is 1. The minimum absolute atomic E-state index is 0.0731. The van der Waals surface area contributed by atoms with Gasteiger partial charge in [0.1, 0.15) is 11.6 Å². The van der Waals surface area contributed by atoms with Crippen molar-refractivity contribution < 1.29 is 28.6 Å². The zero-order valence-corrected chi connectivity index (χ0v) is 26.0. The fourth-order valence-corrected chi connectivity index (χ4v) is 6.68. The Kier molecular flexibility index (Phi) is 10.3. The smallest absolute Gasteiger partial charge is 0.301 e. The third kappa shape index (κ3) is 6.79. The maximum atomic E-state index is 14.2. The number of hydrogen-bond acceptors (Lipinski definition) is 9. The molecule has 2 heterocycles. The van der Waals surface area contributed by atoms with E-state index in [4.69, 9.17) is 9.47 Å². The Bertz CT molecular complexity index is 1660. The first-order valence-electron chi connectivity index (χ1n) is 14.4. The molecule has 0 spiro atoms. The molecule has 3 aromatic carbocycles. The van der Waals surface area contributed by atoms with Crippen LogP contribution in [0.5, 0.6) is 11.5 Å². The van der Waals surface area contributed by atoms with E-state index in [1.54, 1.807) is 66.7 Å². The van der Waals surface area contributed by atoms with Crippen LogP contribution in [0.3, 0.4) is 0 Å². The van der Waals surface area contributed by atoms with Crippen LogP contribution >= 0.6 is 23.1 Å². The first-order valence-corrected chi connectivity index (χ1v) is 16.2. The van der Waals surface area contributed by atoms with E-state index in [0.29, 0.717) is 51.5 Å². The number of aliphatic hydroxyl groups excluding tert-OH is 1. The van der Waals surface area contributed by atoms with Gasteiger partial charge in [-0.2, -0.15) is 0 Å². The van der Waals surface area contributed by atoms with E-state index < -0.39 is 17.7 Å². The molecule has 1 aromatic heterocycles. The molecule has 0 saturated carbocycles. The lowest BCUT2D eigenvalue weighted by atomic mass is 9.95. The summed E-state index contributed by atoms with van der Waals surface area (Å²) in [7, 11) is 0. The van der Waals surface area contributed by atoms with E-state index in [9.17, 15) is 19.1 Å². The second kappa shape index (κ2) is 14.5. The molecule has 0 bridgehead atoms. The fourth-order valence-electron chi connectivity index (χ4n) is 4.83. The van der Waals surface area contributed by atoms with Gasteiger partial charge >= 0.3 is 5.91 Å². The highest BCUT2D eigenvalue weighted by molar-refractivity contribution is 8.00. The van der Waals surface area contributed by atoms with Crippen molar-refractivity contribution in [3.8, 4) is 11.5 Å². The van der Waals surface area contributed by atoms with Gasteiger partial charge in [0.15, 0.2) is 15.8 Å². The highest BCUT2D eigenvalue weighted by Gasteiger charge is 2.48. The first-order chi connectivity index (χ1) is 21.4. The number of rotatable bonds is 13. The van der Waals surface area contributed by atoms with E-state index in [1.807, 2.05) is 6.92 Å². The zero-order valence-electron chi connectivity index (χ0n) is 24.4. The lowest BCUT2D eigenvalue weighted by Gasteiger charge is -2.23. The molecular weight excluding hydrogens is 602 g/mol. The molecule has 11 heteroatoms. The van der Waals surface area contributed by atoms with Crippen LogP contribution in [0.25, 0.3) is 5.76 Å². The van der Waals surface area contributed by atoms with E-state index in [0.717, 1.165) is 30.6 Å². The van der Waals surface area contributed by atoms with Crippen LogP contribution in [0.1, 0.15) is 55.8 Å². The number of benzene rings is 3. The summed E-state index contributed by atoms with van der Waals surface area (Å²) in [6, 6.07) is 19.3. The van der Waals surface area contributed by atoms with Crippen molar-refractivity contribution in [2.75, 3.05) is 18.1 Å². The van der Waals surface area contributed by atoms with Crippen molar-refractivity contribution in [3.05, 3.63) is 101 Å². The molecule has 228 valence electrons. The fraction of sp³-hybridized carbons (Fsp3) is 0.273. The van der Waals surface area contributed by atoms with Gasteiger partial charge in [-0.3, -0.25) is 14.5 Å². The van der Waals surface area contributed by atoms with Crippen molar-refractivity contribution >= 4 is 45.7 Å². The molecule has 1 atom stereocenters. The van der Waals surface area contributed by atoms with E-state index in [2.05, 4.69) is 17.1 Å². The van der Waals surface area contributed by atoms with Gasteiger partial charge in [0, 0.05) is 11.3 Å². The molecule has 5 rings (SSSR count). The van der Waals surface area contributed by atoms with Gasteiger partial charge in [-0.25, -0.2) is 4.39 Å². The largest absolute Gasteiger partial charge is 0.507 e. The third-order valence-electron chi connectivity index (χ3n) is 6.99. The Balaban J connectivity index is 1.54. The average molecular weight is 634 g/mol. The maximum absolute atomic E-state index is 14.2. The lowest BCUT2D eigenvalue weighted by Crippen LogP contribution is -2.29. The molecular formula is C33H32FN3O5S2. The zero-order chi connectivity index (χ0) is 31.1. The van der Waals surface area contributed by atoms with Gasteiger partial charge in [-0.05, 0) is 42.7 Å². The highest BCUT2D eigenvalue weighted by atomic mass is 32.2. The van der Waals surface area contributed by atoms with Crippen LogP contribution in [0, 0.1) is 5.82 Å². The molecule has 1 unspecified atom stereocenters. The number of amides is 1. The number of aliphatic hydroxyl groups is 1. The van der Waals surface area contributed by atoms with Crippen LogP contribution in [0.4, 0.5) is 9.52 Å². The number of unbranched alkanes of at least 4 members (excludes halogenated alkanes) is 2. The standard InChI is InChI=1S/C33H32FN3O5S2/c1-3-5-11-18-42-25-17-16-22(19-26(25)41-4-2)28-27(29(38)21-12-7-6-8-13-21)30(39)31(40)37(28)32-35-36-33(44-32)43-20-23-14-9-10-15-24(23)34/h6-10,12-17,19,28,38H,3-5,11,18,20H2,1-2H3/b29-27+. The summed E-state index contributed by atoms with van der Waals surface area (Å²) >= 11 is 2.39. The number of halogens is 1. The normalized spacial score (nSPS) is 16.0. The molecule has 0 aliphatic carbocycles. The number of aromatic nitrogens is 2.